The van der Waals surface area contributed by atoms with Crippen molar-refractivity contribution in [2.45, 2.75) is 13.1 Å². The monoisotopic (exact) mass is 396 g/mol. The summed E-state index contributed by atoms with van der Waals surface area (Å²) in [6.07, 6.45) is -4.46. The molecule has 0 aliphatic carbocycles. The Kier molecular flexibility index (Phi) is 4.50. The average Bonchev–Trinajstić information content (AvgIpc) is 3.01. The molecule has 2 aromatic heterocycles. The van der Waals surface area contributed by atoms with Crippen LogP contribution in [0.15, 0.2) is 70.9 Å². The van der Waals surface area contributed by atoms with Gasteiger partial charge in [0.25, 0.3) is 0 Å². The Labute approximate surface area is 163 Å². The average molecular weight is 396 g/mol. The number of rotatable bonds is 3. The highest BCUT2D eigenvalue weighted by atomic mass is 19.4. The molecule has 6 nitrogen and oxygen atoms in total. The van der Waals surface area contributed by atoms with Crippen LogP contribution in [0, 0.1) is 6.92 Å². The molecule has 0 amide bonds. The van der Waals surface area contributed by atoms with E-state index in [2.05, 4.69) is 20.3 Å². The highest BCUT2D eigenvalue weighted by Crippen LogP contribution is 2.34. The first-order valence-corrected chi connectivity index (χ1v) is 8.63. The van der Waals surface area contributed by atoms with Gasteiger partial charge in [-0.1, -0.05) is 36.4 Å². The first-order chi connectivity index (χ1) is 13.8. The number of aryl methyl sites for hydroxylation is 1. The van der Waals surface area contributed by atoms with Crippen LogP contribution in [0.3, 0.4) is 0 Å². The quantitative estimate of drug-likeness (QED) is 0.450. The van der Waals surface area contributed by atoms with Gasteiger partial charge in [-0.25, -0.2) is 9.50 Å². The number of anilines is 1. The molecule has 0 aliphatic heterocycles. The summed E-state index contributed by atoms with van der Waals surface area (Å²) in [5.74, 6) is 0.0796. The number of hydrogen-bond donors (Lipinski definition) is 1. The van der Waals surface area contributed by atoms with Gasteiger partial charge in [0.15, 0.2) is 17.2 Å². The predicted molar refractivity (Wildman–Crippen MR) is 103 cm³/mol. The summed E-state index contributed by atoms with van der Waals surface area (Å²) in [7, 11) is 0. The zero-order valence-electron chi connectivity index (χ0n) is 15.2. The second-order valence-corrected chi connectivity index (χ2v) is 6.37. The van der Waals surface area contributed by atoms with Crippen molar-refractivity contribution in [2.75, 3.05) is 5.73 Å². The zero-order chi connectivity index (χ0) is 20.6. The second-order valence-electron chi connectivity index (χ2n) is 6.37. The molecule has 2 aromatic carbocycles. The molecule has 4 aromatic rings. The van der Waals surface area contributed by atoms with E-state index < -0.39 is 11.7 Å². The largest absolute Gasteiger partial charge is 0.416 e. The van der Waals surface area contributed by atoms with E-state index in [1.807, 2.05) is 43.3 Å². The lowest BCUT2D eigenvalue weighted by Crippen LogP contribution is -2.03. The zero-order valence-corrected chi connectivity index (χ0v) is 15.2. The van der Waals surface area contributed by atoms with Crippen LogP contribution >= 0.6 is 0 Å². The Hall–Kier alpha value is -3.75. The third kappa shape index (κ3) is 3.66. The number of nitrogen functional groups attached to an aromatic ring is 1. The standard InChI is InChI=1S/C20H15F3N6/c1-12-10-16(13-6-3-2-4-7-13)29-19(25-12)17(18(24)28-29)27-26-15-9-5-8-14(11-15)20(21,22)23/h2-11H,1H3,(H2,24,28). The number of hydrogen-bond acceptors (Lipinski definition) is 5. The van der Waals surface area contributed by atoms with Crippen molar-refractivity contribution in [1.82, 2.24) is 14.6 Å². The van der Waals surface area contributed by atoms with Crippen molar-refractivity contribution in [1.29, 1.82) is 0 Å². The van der Waals surface area contributed by atoms with Crippen molar-refractivity contribution in [3.63, 3.8) is 0 Å². The summed E-state index contributed by atoms with van der Waals surface area (Å²) in [6.45, 7) is 1.82. The maximum atomic E-state index is 12.9. The molecule has 0 fully saturated rings. The minimum atomic E-state index is -4.46. The molecule has 0 bridgehead atoms. The minimum Gasteiger partial charge on any atom is -0.380 e. The van der Waals surface area contributed by atoms with E-state index >= 15 is 0 Å². The molecule has 0 spiro atoms. The van der Waals surface area contributed by atoms with Crippen LogP contribution in [0.4, 0.5) is 30.4 Å². The predicted octanol–water partition coefficient (Wildman–Crippen LogP) is 5.72. The lowest BCUT2D eigenvalue weighted by Gasteiger charge is -2.06. The summed E-state index contributed by atoms with van der Waals surface area (Å²) < 4.78 is 40.2. The third-order valence-electron chi connectivity index (χ3n) is 4.23. The Morgan fingerprint density at radius 3 is 2.45 bits per heavy atom. The lowest BCUT2D eigenvalue weighted by molar-refractivity contribution is -0.137. The number of azo groups is 1. The normalized spacial score (nSPS) is 12.1. The fourth-order valence-electron chi connectivity index (χ4n) is 2.91. The molecule has 0 saturated carbocycles. The Morgan fingerprint density at radius 1 is 0.966 bits per heavy atom. The number of fused-ring (bicyclic) bond motifs is 1. The minimum absolute atomic E-state index is 0.0505. The van der Waals surface area contributed by atoms with Gasteiger partial charge in [0, 0.05) is 11.3 Å². The van der Waals surface area contributed by atoms with Crippen LogP contribution in [-0.2, 0) is 6.18 Å². The van der Waals surface area contributed by atoms with Crippen LogP contribution in [0.2, 0.25) is 0 Å². The summed E-state index contributed by atoms with van der Waals surface area (Å²) in [5, 5.41) is 12.3. The van der Waals surface area contributed by atoms with Crippen molar-refractivity contribution >= 4 is 22.8 Å². The highest BCUT2D eigenvalue weighted by molar-refractivity contribution is 5.78. The molecule has 146 valence electrons. The van der Waals surface area contributed by atoms with E-state index in [0.717, 1.165) is 23.4 Å². The van der Waals surface area contributed by atoms with Crippen LogP contribution in [-0.4, -0.2) is 14.6 Å². The topological polar surface area (TPSA) is 80.9 Å². The van der Waals surface area contributed by atoms with Gasteiger partial charge in [-0.3, -0.25) is 0 Å². The van der Waals surface area contributed by atoms with E-state index in [9.17, 15) is 13.2 Å². The van der Waals surface area contributed by atoms with Crippen LogP contribution in [0.5, 0.6) is 0 Å². The highest BCUT2D eigenvalue weighted by Gasteiger charge is 2.30. The van der Waals surface area contributed by atoms with Gasteiger partial charge in [-0.2, -0.15) is 18.3 Å². The molecule has 0 unspecified atom stereocenters. The first-order valence-electron chi connectivity index (χ1n) is 8.63. The van der Waals surface area contributed by atoms with Crippen molar-refractivity contribution in [3.8, 4) is 11.3 Å². The van der Waals surface area contributed by atoms with E-state index in [4.69, 9.17) is 5.73 Å². The van der Waals surface area contributed by atoms with Gasteiger partial charge in [-0.15, -0.1) is 10.2 Å². The molecule has 4 rings (SSSR count). The molecule has 9 heteroatoms. The number of nitrogens with zero attached hydrogens (tertiary/aromatic N) is 5. The number of aromatic nitrogens is 3. The molecule has 29 heavy (non-hydrogen) atoms. The number of benzene rings is 2. The van der Waals surface area contributed by atoms with Crippen LogP contribution in [0.1, 0.15) is 11.3 Å². The molecule has 2 heterocycles. The van der Waals surface area contributed by atoms with Crippen LogP contribution < -0.4 is 5.73 Å². The maximum absolute atomic E-state index is 12.9. The molecule has 0 radical (unpaired) electrons. The van der Waals surface area contributed by atoms with E-state index in [1.165, 1.54) is 12.1 Å². The van der Waals surface area contributed by atoms with Gasteiger partial charge in [0.1, 0.15) is 0 Å². The molecule has 2 N–H and O–H groups in total. The van der Waals surface area contributed by atoms with Crippen LogP contribution in [0.25, 0.3) is 16.9 Å². The van der Waals surface area contributed by atoms with Gasteiger partial charge < -0.3 is 5.73 Å². The summed E-state index contributed by atoms with van der Waals surface area (Å²) in [4.78, 5) is 4.44. The number of nitrogens with two attached hydrogens (primary N) is 1. The molecular formula is C20H15F3N6. The third-order valence-corrected chi connectivity index (χ3v) is 4.23. The fraction of sp³-hybridized carbons (Fsp3) is 0.100. The smallest absolute Gasteiger partial charge is 0.380 e. The van der Waals surface area contributed by atoms with E-state index in [0.29, 0.717) is 11.3 Å². The second kappa shape index (κ2) is 7.01. The Balaban J connectivity index is 1.81. The van der Waals surface area contributed by atoms with Gasteiger partial charge in [-0.05, 0) is 31.2 Å². The van der Waals surface area contributed by atoms with Crippen molar-refractivity contribution < 1.29 is 13.2 Å². The fourth-order valence-corrected chi connectivity index (χ4v) is 2.91. The lowest BCUT2D eigenvalue weighted by atomic mass is 10.1. The van der Waals surface area contributed by atoms with Gasteiger partial charge in [0.2, 0.25) is 0 Å². The molecular weight excluding hydrogens is 381 g/mol. The Morgan fingerprint density at radius 2 is 1.72 bits per heavy atom. The maximum Gasteiger partial charge on any atom is 0.416 e. The summed E-state index contributed by atoms with van der Waals surface area (Å²) >= 11 is 0. The van der Waals surface area contributed by atoms with Gasteiger partial charge in [0.05, 0.1) is 16.9 Å². The van der Waals surface area contributed by atoms with E-state index in [1.54, 1.807) is 4.52 Å². The number of alkyl halides is 3. The molecule has 0 saturated heterocycles. The van der Waals surface area contributed by atoms with E-state index in [-0.39, 0.29) is 17.2 Å². The van der Waals surface area contributed by atoms with Gasteiger partial charge >= 0.3 is 6.18 Å². The molecule has 0 aliphatic rings. The SMILES string of the molecule is Cc1cc(-c2ccccc2)n2nc(N)c(N=Nc3cccc(C(F)(F)F)c3)c2n1. The molecule has 0 atom stereocenters. The summed E-state index contributed by atoms with van der Waals surface area (Å²) in [5.41, 5.74) is 8.21. The number of halogens is 3. The Bertz CT molecular complexity index is 1210. The first kappa shape index (κ1) is 18.6. The summed E-state index contributed by atoms with van der Waals surface area (Å²) in [6, 6.07) is 16.0. The van der Waals surface area contributed by atoms with Crippen molar-refractivity contribution in [2.24, 2.45) is 10.2 Å². The van der Waals surface area contributed by atoms with Crippen molar-refractivity contribution in [3.05, 3.63) is 71.9 Å².